The molecule has 0 aliphatic carbocycles. The number of pyridine rings is 1. The Bertz CT molecular complexity index is 1350. The summed E-state index contributed by atoms with van der Waals surface area (Å²) < 4.78 is 8.04. The second-order valence-corrected chi connectivity index (χ2v) is 7.81. The van der Waals surface area contributed by atoms with Crippen molar-refractivity contribution in [2.45, 2.75) is 26.5 Å². The molecule has 1 aliphatic heterocycles. The van der Waals surface area contributed by atoms with Crippen molar-refractivity contribution in [3.63, 3.8) is 0 Å². The van der Waals surface area contributed by atoms with Gasteiger partial charge >= 0.3 is 0 Å². The second-order valence-electron chi connectivity index (χ2n) is 7.81. The summed E-state index contributed by atoms with van der Waals surface area (Å²) in [6, 6.07) is 14.9. The molecule has 0 N–H and O–H groups in total. The summed E-state index contributed by atoms with van der Waals surface area (Å²) in [5, 5.41) is 16.8. The summed E-state index contributed by atoms with van der Waals surface area (Å²) >= 11 is 0. The highest BCUT2D eigenvalue weighted by atomic mass is 16.6. The van der Waals surface area contributed by atoms with Gasteiger partial charge in [0.25, 0.3) is 5.69 Å². The first kappa shape index (κ1) is 19.0. The predicted molar refractivity (Wildman–Crippen MR) is 119 cm³/mol. The van der Waals surface area contributed by atoms with E-state index in [-0.39, 0.29) is 16.7 Å². The van der Waals surface area contributed by atoms with Crippen molar-refractivity contribution in [1.82, 2.24) is 14.8 Å². The Hall–Kier alpha value is -4.00. The summed E-state index contributed by atoms with van der Waals surface area (Å²) in [4.78, 5) is 15.3. The van der Waals surface area contributed by atoms with Crippen molar-refractivity contribution in [2.75, 3.05) is 0 Å². The van der Waals surface area contributed by atoms with Gasteiger partial charge in [0, 0.05) is 35.3 Å². The Morgan fingerprint density at radius 1 is 1.16 bits per heavy atom. The molecule has 154 valence electrons. The van der Waals surface area contributed by atoms with Gasteiger partial charge in [0.1, 0.15) is 6.61 Å². The number of aromatic nitrogens is 3. The molecule has 0 atom stereocenters. The molecule has 0 radical (unpaired) electrons. The minimum Gasteiger partial charge on any atom is -0.472 e. The topological polar surface area (TPSA) is 83.1 Å². The van der Waals surface area contributed by atoms with E-state index in [9.17, 15) is 10.1 Å². The number of rotatable bonds is 3. The van der Waals surface area contributed by atoms with E-state index >= 15 is 0 Å². The molecular weight excluding hydrogens is 392 g/mol. The van der Waals surface area contributed by atoms with Crippen molar-refractivity contribution in [2.24, 2.45) is 0 Å². The van der Waals surface area contributed by atoms with Crippen molar-refractivity contribution >= 4 is 28.2 Å². The smallest absolute Gasteiger partial charge is 0.270 e. The molecule has 31 heavy (non-hydrogen) atoms. The molecule has 0 saturated carbocycles. The number of nitrogens with zero attached hydrogens (tertiary/aromatic N) is 4. The molecular formula is C24H20N4O3. The van der Waals surface area contributed by atoms with Gasteiger partial charge in [-0.05, 0) is 66.5 Å². The molecule has 7 heteroatoms. The number of non-ortho nitro benzene ring substituents is 1. The van der Waals surface area contributed by atoms with Gasteiger partial charge in [0.15, 0.2) is 0 Å². The Labute approximate surface area is 178 Å². The monoisotopic (exact) mass is 412 g/mol. The van der Waals surface area contributed by atoms with E-state index in [1.165, 1.54) is 6.07 Å². The van der Waals surface area contributed by atoms with Crippen LogP contribution in [-0.4, -0.2) is 19.7 Å². The predicted octanol–water partition coefficient (Wildman–Crippen LogP) is 5.40. The Balaban J connectivity index is 1.76. The van der Waals surface area contributed by atoms with Crippen molar-refractivity contribution in [3.8, 4) is 5.88 Å². The van der Waals surface area contributed by atoms with Gasteiger partial charge < -0.3 is 4.74 Å². The standard InChI is InChI=1S/C24H20N4O3/c1-15(2)27-23-12-18-14-31-24-20(7-4-8-25-24)22(21(18)11-17(23)13-26-27)10-16-5-3-6-19(9-16)28(29)30/h3-13,15H,14H2,1-2H3. The third kappa shape index (κ3) is 3.34. The van der Waals surface area contributed by atoms with E-state index in [2.05, 4.69) is 36.1 Å². The molecule has 1 aliphatic rings. The maximum absolute atomic E-state index is 11.2. The van der Waals surface area contributed by atoms with E-state index in [0.29, 0.717) is 12.5 Å². The number of nitro groups is 1. The SMILES string of the molecule is CC(C)n1ncc2cc3c(cc21)COc1ncccc1C3=Cc1cccc([N+](=O)[O-])c1. The van der Waals surface area contributed by atoms with E-state index in [0.717, 1.165) is 38.7 Å². The molecule has 0 unspecified atom stereocenters. The number of ether oxygens (including phenoxy) is 1. The highest BCUT2D eigenvalue weighted by Crippen LogP contribution is 2.38. The van der Waals surface area contributed by atoms with E-state index in [1.54, 1.807) is 18.3 Å². The zero-order valence-electron chi connectivity index (χ0n) is 17.1. The highest BCUT2D eigenvalue weighted by Gasteiger charge is 2.22. The highest BCUT2D eigenvalue weighted by molar-refractivity contribution is 5.97. The zero-order valence-corrected chi connectivity index (χ0v) is 17.1. The fourth-order valence-corrected chi connectivity index (χ4v) is 3.97. The van der Waals surface area contributed by atoms with Gasteiger partial charge in [-0.25, -0.2) is 4.98 Å². The molecule has 4 aromatic rings. The van der Waals surface area contributed by atoms with Crippen LogP contribution in [0, 0.1) is 10.1 Å². The Kier molecular flexibility index (Phi) is 4.51. The van der Waals surface area contributed by atoms with E-state index in [1.807, 2.05) is 35.2 Å². The number of hydrogen-bond acceptors (Lipinski definition) is 5. The quantitative estimate of drug-likeness (QED) is 0.332. The van der Waals surface area contributed by atoms with E-state index in [4.69, 9.17) is 4.74 Å². The van der Waals surface area contributed by atoms with Crippen LogP contribution in [0.1, 0.15) is 42.1 Å². The summed E-state index contributed by atoms with van der Waals surface area (Å²) in [7, 11) is 0. The average Bonchev–Trinajstić information content (AvgIpc) is 3.12. The van der Waals surface area contributed by atoms with Crippen LogP contribution in [-0.2, 0) is 6.61 Å². The van der Waals surface area contributed by atoms with E-state index < -0.39 is 0 Å². The van der Waals surface area contributed by atoms with Crippen LogP contribution in [0.25, 0.3) is 22.6 Å². The lowest BCUT2D eigenvalue weighted by Gasteiger charge is -2.12. The van der Waals surface area contributed by atoms with Crippen LogP contribution >= 0.6 is 0 Å². The second kappa shape index (κ2) is 7.36. The fraction of sp³-hybridized carbons (Fsp3) is 0.167. The van der Waals surface area contributed by atoms with Crippen molar-refractivity contribution in [3.05, 3.63) is 93.3 Å². The summed E-state index contributed by atoms with van der Waals surface area (Å²) in [6.07, 6.45) is 5.53. The maximum atomic E-state index is 11.2. The van der Waals surface area contributed by atoms with Gasteiger partial charge in [-0.15, -0.1) is 0 Å². The molecule has 5 rings (SSSR count). The minimum absolute atomic E-state index is 0.0551. The van der Waals surface area contributed by atoms with Crippen LogP contribution in [0.2, 0.25) is 0 Å². The molecule has 0 amide bonds. The Morgan fingerprint density at radius 2 is 2.03 bits per heavy atom. The first-order valence-corrected chi connectivity index (χ1v) is 10.1. The van der Waals surface area contributed by atoms with Crippen LogP contribution in [0.15, 0.2) is 60.9 Å². The first-order valence-electron chi connectivity index (χ1n) is 10.1. The number of fused-ring (bicyclic) bond motifs is 3. The fourth-order valence-electron chi connectivity index (χ4n) is 3.97. The summed E-state index contributed by atoms with van der Waals surface area (Å²) in [6.45, 7) is 4.58. The van der Waals surface area contributed by atoms with Gasteiger partial charge in [-0.2, -0.15) is 5.10 Å². The number of nitro benzene ring substituents is 1. The molecule has 2 aromatic heterocycles. The number of hydrogen-bond donors (Lipinski definition) is 0. The molecule has 0 saturated heterocycles. The lowest BCUT2D eigenvalue weighted by atomic mass is 9.92. The maximum Gasteiger partial charge on any atom is 0.270 e. The van der Waals surface area contributed by atoms with Crippen LogP contribution in [0.4, 0.5) is 5.69 Å². The Morgan fingerprint density at radius 3 is 2.84 bits per heavy atom. The third-order valence-corrected chi connectivity index (χ3v) is 5.42. The van der Waals surface area contributed by atoms with Gasteiger partial charge in [-0.1, -0.05) is 12.1 Å². The average molecular weight is 412 g/mol. The lowest BCUT2D eigenvalue weighted by Crippen LogP contribution is -2.03. The largest absolute Gasteiger partial charge is 0.472 e. The third-order valence-electron chi connectivity index (χ3n) is 5.42. The summed E-state index contributed by atoms with van der Waals surface area (Å²) in [5.41, 5.74) is 5.63. The van der Waals surface area contributed by atoms with Crippen molar-refractivity contribution in [1.29, 1.82) is 0 Å². The molecule has 2 aromatic carbocycles. The molecule has 0 fully saturated rings. The van der Waals surface area contributed by atoms with Crippen LogP contribution in [0.3, 0.4) is 0 Å². The number of benzene rings is 2. The minimum atomic E-state index is -0.383. The van der Waals surface area contributed by atoms with Crippen LogP contribution in [0.5, 0.6) is 5.88 Å². The first-order chi connectivity index (χ1) is 15.0. The zero-order chi connectivity index (χ0) is 21.5. The van der Waals surface area contributed by atoms with Crippen LogP contribution < -0.4 is 4.74 Å². The van der Waals surface area contributed by atoms with Gasteiger partial charge in [0.2, 0.25) is 5.88 Å². The van der Waals surface area contributed by atoms with Crippen molar-refractivity contribution < 1.29 is 9.66 Å². The molecule has 0 spiro atoms. The molecule has 0 bridgehead atoms. The lowest BCUT2D eigenvalue weighted by molar-refractivity contribution is -0.384. The molecule has 7 nitrogen and oxygen atoms in total. The normalized spacial score (nSPS) is 14.2. The summed E-state index contributed by atoms with van der Waals surface area (Å²) in [5.74, 6) is 0.546. The molecule has 3 heterocycles. The van der Waals surface area contributed by atoms with Gasteiger partial charge in [-0.3, -0.25) is 14.8 Å². The van der Waals surface area contributed by atoms with Gasteiger partial charge in [0.05, 0.1) is 16.6 Å².